The van der Waals surface area contributed by atoms with Crippen LogP contribution in [0.25, 0.3) is 0 Å². The fraction of sp³-hybridized carbons (Fsp3) is 0.286. The van der Waals surface area contributed by atoms with E-state index in [1.807, 2.05) is 6.92 Å². The molecule has 2 N–H and O–H groups in total. The SMILES string of the molecule is CCn1cc(C(=O)NC[C@H](O)c2ccc(Cl)c(F)c2)cn1. The molecule has 0 bridgehead atoms. The number of halogens is 2. The first-order valence-corrected chi connectivity index (χ1v) is 6.82. The van der Waals surface area contributed by atoms with Gasteiger partial charge < -0.3 is 10.4 Å². The maximum Gasteiger partial charge on any atom is 0.254 e. The summed E-state index contributed by atoms with van der Waals surface area (Å²) in [5, 5.41) is 16.5. The fourth-order valence-electron chi connectivity index (χ4n) is 1.78. The summed E-state index contributed by atoms with van der Waals surface area (Å²) in [4.78, 5) is 11.9. The Hall–Kier alpha value is -1.92. The van der Waals surface area contributed by atoms with Crippen molar-refractivity contribution in [3.8, 4) is 0 Å². The van der Waals surface area contributed by atoms with Crippen molar-refractivity contribution in [2.45, 2.75) is 19.6 Å². The number of amides is 1. The van der Waals surface area contributed by atoms with Crippen molar-refractivity contribution >= 4 is 17.5 Å². The van der Waals surface area contributed by atoms with Crippen LogP contribution in [0.5, 0.6) is 0 Å². The van der Waals surface area contributed by atoms with E-state index >= 15 is 0 Å². The van der Waals surface area contributed by atoms with E-state index in [0.717, 1.165) is 6.07 Å². The molecule has 2 rings (SSSR count). The van der Waals surface area contributed by atoms with E-state index in [1.54, 1.807) is 10.9 Å². The largest absolute Gasteiger partial charge is 0.387 e. The van der Waals surface area contributed by atoms with Crippen LogP contribution in [0.2, 0.25) is 5.02 Å². The maximum absolute atomic E-state index is 13.3. The van der Waals surface area contributed by atoms with Crippen molar-refractivity contribution in [1.82, 2.24) is 15.1 Å². The molecule has 1 atom stereocenters. The number of rotatable bonds is 5. The van der Waals surface area contributed by atoms with E-state index < -0.39 is 11.9 Å². The molecule has 0 saturated carbocycles. The zero-order valence-electron chi connectivity index (χ0n) is 11.4. The first-order chi connectivity index (χ1) is 10.0. The Kier molecular flexibility index (Phi) is 4.93. The molecule has 1 amide bonds. The Morgan fingerprint density at radius 3 is 2.95 bits per heavy atom. The van der Waals surface area contributed by atoms with Crippen LogP contribution in [0.15, 0.2) is 30.6 Å². The summed E-state index contributed by atoms with van der Waals surface area (Å²) < 4.78 is 14.9. The van der Waals surface area contributed by atoms with Gasteiger partial charge in [0, 0.05) is 19.3 Å². The number of aromatic nitrogens is 2. The third-order valence-corrected chi connectivity index (χ3v) is 3.31. The second-order valence-electron chi connectivity index (χ2n) is 4.48. The summed E-state index contributed by atoms with van der Waals surface area (Å²) in [5.41, 5.74) is 0.757. The van der Waals surface area contributed by atoms with E-state index in [0.29, 0.717) is 17.7 Å². The highest BCUT2D eigenvalue weighted by atomic mass is 35.5. The lowest BCUT2D eigenvalue weighted by atomic mass is 10.1. The number of carbonyl (C=O) groups is 1. The Balaban J connectivity index is 1.95. The monoisotopic (exact) mass is 311 g/mol. The molecule has 0 radical (unpaired) electrons. The zero-order valence-corrected chi connectivity index (χ0v) is 12.1. The summed E-state index contributed by atoms with van der Waals surface area (Å²) in [5.74, 6) is -0.952. The van der Waals surface area contributed by atoms with Gasteiger partial charge in [-0.25, -0.2) is 4.39 Å². The molecule has 5 nitrogen and oxygen atoms in total. The lowest BCUT2D eigenvalue weighted by Gasteiger charge is -2.12. The van der Waals surface area contributed by atoms with E-state index in [4.69, 9.17) is 11.6 Å². The van der Waals surface area contributed by atoms with E-state index in [1.165, 1.54) is 18.3 Å². The van der Waals surface area contributed by atoms with Gasteiger partial charge in [0.05, 0.1) is 22.9 Å². The molecule has 0 aliphatic carbocycles. The second kappa shape index (κ2) is 6.69. The first-order valence-electron chi connectivity index (χ1n) is 6.45. The van der Waals surface area contributed by atoms with Gasteiger partial charge in [0.15, 0.2) is 0 Å². The molecular formula is C14H15ClFN3O2. The number of carbonyl (C=O) groups excluding carboxylic acids is 1. The minimum atomic E-state index is -1.01. The molecule has 7 heteroatoms. The van der Waals surface area contributed by atoms with Crippen LogP contribution in [0.3, 0.4) is 0 Å². The van der Waals surface area contributed by atoms with Crippen LogP contribution in [-0.4, -0.2) is 27.3 Å². The van der Waals surface area contributed by atoms with Crippen LogP contribution in [0, 0.1) is 5.82 Å². The molecule has 0 unspecified atom stereocenters. The third kappa shape index (κ3) is 3.80. The Morgan fingerprint density at radius 2 is 2.33 bits per heavy atom. The molecule has 0 fully saturated rings. The van der Waals surface area contributed by atoms with Crippen LogP contribution >= 0.6 is 11.6 Å². The molecular weight excluding hydrogens is 297 g/mol. The highest BCUT2D eigenvalue weighted by Gasteiger charge is 2.13. The number of benzene rings is 1. The lowest BCUT2D eigenvalue weighted by molar-refractivity contribution is 0.0916. The number of hydrogen-bond donors (Lipinski definition) is 2. The topological polar surface area (TPSA) is 67.2 Å². The van der Waals surface area contributed by atoms with Crippen molar-refractivity contribution in [2.24, 2.45) is 0 Å². The standard InChI is InChI=1S/C14H15ClFN3O2/c1-2-19-8-10(6-18-19)14(21)17-7-13(20)9-3-4-11(15)12(16)5-9/h3-6,8,13,20H,2,7H2,1H3,(H,17,21)/t13-/m0/s1. The first kappa shape index (κ1) is 15.5. The number of aliphatic hydroxyl groups is 1. The van der Waals surface area contributed by atoms with Gasteiger partial charge in [-0.3, -0.25) is 9.48 Å². The molecule has 1 aromatic carbocycles. The van der Waals surface area contributed by atoms with Crippen molar-refractivity contribution in [3.05, 3.63) is 52.6 Å². The van der Waals surface area contributed by atoms with Gasteiger partial charge in [-0.1, -0.05) is 17.7 Å². The molecule has 0 aliphatic rings. The molecule has 0 aliphatic heterocycles. The van der Waals surface area contributed by atoms with Crippen LogP contribution in [0.1, 0.15) is 28.9 Å². The highest BCUT2D eigenvalue weighted by Crippen LogP contribution is 2.19. The third-order valence-electron chi connectivity index (χ3n) is 3.00. The van der Waals surface area contributed by atoms with Crippen molar-refractivity contribution in [2.75, 3.05) is 6.54 Å². The van der Waals surface area contributed by atoms with Gasteiger partial charge in [0.1, 0.15) is 5.82 Å². The fourth-order valence-corrected chi connectivity index (χ4v) is 1.90. The van der Waals surface area contributed by atoms with E-state index in [-0.39, 0.29) is 17.5 Å². The molecule has 21 heavy (non-hydrogen) atoms. The Bertz CT molecular complexity index is 645. The molecule has 112 valence electrons. The minimum Gasteiger partial charge on any atom is -0.387 e. The predicted octanol–water partition coefficient (Wildman–Crippen LogP) is 2.16. The minimum absolute atomic E-state index is 0.0121. The quantitative estimate of drug-likeness (QED) is 0.889. The van der Waals surface area contributed by atoms with Gasteiger partial charge in [-0.05, 0) is 24.6 Å². The highest BCUT2D eigenvalue weighted by molar-refractivity contribution is 6.30. The normalized spacial score (nSPS) is 12.2. The van der Waals surface area contributed by atoms with Gasteiger partial charge in [0.2, 0.25) is 0 Å². The molecule has 2 aromatic rings. The summed E-state index contributed by atoms with van der Waals surface area (Å²) in [6.45, 7) is 2.55. The van der Waals surface area contributed by atoms with Gasteiger partial charge in [-0.15, -0.1) is 0 Å². The summed E-state index contributed by atoms with van der Waals surface area (Å²) in [6, 6.07) is 4.02. The number of nitrogens with one attached hydrogen (secondary N) is 1. The van der Waals surface area contributed by atoms with Crippen LogP contribution in [0.4, 0.5) is 4.39 Å². The van der Waals surface area contributed by atoms with Gasteiger partial charge in [-0.2, -0.15) is 5.10 Å². The maximum atomic E-state index is 13.3. The molecule has 1 aromatic heterocycles. The predicted molar refractivity (Wildman–Crippen MR) is 76.6 cm³/mol. The average molecular weight is 312 g/mol. The van der Waals surface area contributed by atoms with Crippen LogP contribution in [-0.2, 0) is 6.54 Å². The van der Waals surface area contributed by atoms with Gasteiger partial charge >= 0.3 is 0 Å². The number of hydrogen-bond acceptors (Lipinski definition) is 3. The van der Waals surface area contributed by atoms with Gasteiger partial charge in [0.25, 0.3) is 5.91 Å². The van der Waals surface area contributed by atoms with E-state index in [2.05, 4.69) is 10.4 Å². The smallest absolute Gasteiger partial charge is 0.254 e. The van der Waals surface area contributed by atoms with Crippen LogP contribution < -0.4 is 5.32 Å². The number of nitrogens with zero attached hydrogens (tertiary/aromatic N) is 2. The molecule has 0 saturated heterocycles. The summed E-state index contributed by atoms with van der Waals surface area (Å²) >= 11 is 5.57. The van der Waals surface area contributed by atoms with Crippen molar-refractivity contribution in [3.63, 3.8) is 0 Å². The summed E-state index contributed by atoms with van der Waals surface area (Å²) in [6.07, 6.45) is 2.05. The van der Waals surface area contributed by atoms with Crippen molar-refractivity contribution < 1.29 is 14.3 Å². The Morgan fingerprint density at radius 1 is 1.57 bits per heavy atom. The molecule has 1 heterocycles. The van der Waals surface area contributed by atoms with Crippen molar-refractivity contribution in [1.29, 1.82) is 0 Å². The average Bonchev–Trinajstić information content (AvgIpc) is 2.96. The number of aliphatic hydroxyl groups excluding tert-OH is 1. The number of aryl methyl sites for hydroxylation is 1. The van der Waals surface area contributed by atoms with E-state index in [9.17, 15) is 14.3 Å². The summed E-state index contributed by atoms with van der Waals surface area (Å²) in [7, 11) is 0. The lowest BCUT2D eigenvalue weighted by Crippen LogP contribution is -2.28. The zero-order chi connectivity index (χ0) is 15.4. The second-order valence-corrected chi connectivity index (χ2v) is 4.89. The molecule has 0 spiro atoms. The Labute approximate surface area is 126 Å².